The Labute approximate surface area is 216 Å². The molecule has 0 amide bonds. The minimum Gasteiger partial charge on any atom is -0.481 e. The smallest absolute Gasteiger partial charge is 0.306 e. The third-order valence-electron chi connectivity index (χ3n) is 7.36. The number of rotatable bonds is 8. The highest BCUT2D eigenvalue weighted by molar-refractivity contribution is 5.70. The molecule has 0 spiro atoms. The van der Waals surface area contributed by atoms with Gasteiger partial charge in [-0.25, -0.2) is 0 Å². The summed E-state index contributed by atoms with van der Waals surface area (Å²) in [6.45, 7) is 9.67. The molecular weight excluding hydrogens is 466 g/mol. The number of carboxylic acids is 1. The number of piperidine rings is 1. The summed E-state index contributed by atoms with van der Waals surface area (Å²) in [5.41, 5.74) is 7.41. The zero-order valence-electron chi connectivity index (χ0n) is 21.6. The minimum absolute atomic E-state index is 0.195. The number of benzene rings is 2. The predicted molar refractivity (Wildman–Crippen MR) is 142 cm³/mol. The molecule has 2 aromatic carbocycles. The molecule has 8 heteroatoms. The van der Waals surface area contributed by atoms with Crippen LogP contribution in [0.4, 0.5) is 0 Å². The van der Waals surface area contributed by atoms with Crippen molar-refractivity contribution in [3.05, 3.63) is 65.2 Å². The third kappa shape index (κ3) is 5.34. The van der Waals surface area contributed by atoms with Crippen LogP contribution >= 0.6 is 0 Å². The van der Waals surface area contributed by atoms with Gasteiger partial charge >= 0.3 is 5.97 Å². The number of hydrogen-bond acceptors (Lipinski definition) is 6. The topological polar surface area (TPSA) is 97.3 Å². The fourth-order valence-electron chi connectivity index (χ4n) is 5.24. The van der Waals surface area contributed by atoms with Crippen LogP contribution in [0.1, 0.15) is 36.5 Å². The second kappa shape index (κ2) is 10.7. The number of carboxylic acid groups (broad SMARTS) is 1. The Balaban J connectivity index is 1.31. The van der Waals surface area contributed by atoms with Crippen LogP contribution in [0.3, 0.4) is 0 Å². The van der Waals surface area contributed by atoms with Gasteiger partial charge in [0.25, 0.3) is 5.89 Å². The molecule has 192 valence electrons. The van der Waals surface area contributed by atoms with Crippen molar-refractivity contribution in [1.29, 1.82) is 0 Å². The van der Waals surface area contributed by atoms with E-state index in [4.69, 9.17) is 9.62 Å². The van der Waals surface area contributed by atoms with Gasteiger partial charge in [-0.1, -0.05) is 35.5 Å². The second-order valence-corrected chi connectivity index (χ2v) is 9.81. The maximum Gasteiger partial charge on any atom is 0.306 e. The van der Waals surface area contributed by atoms with Gasteiger partial charge in [-0.15, -0.1) is 0 Å². The molecule has 0 saturated carbocycles. The Hall–Kier alpha value is -3.78. The van der Waals surface area contributed by atoms with E-state index in [1.165, 1.54) is 16.7 Å². The minimum atomic E-state index is -0.665. The van der Waals surface area contributed by atoms with Crippen molar-refractivity contribution in [2.24, 2.45) is 5.92 Å². The summed E-state index contributed by atoms with van der Waals surface area (Å²) in [5.74, 6) is 0.0979. The maximum absolute atomic E-state index is 11.2. The summed E-state index contributed by atoms with van der Waals surface area (Å²) in [5, 5.41) is 18.2. The Morgan fingerprint density at radius 2 is 1.76 bits per heavy atom. The average molecular weight is 500 g/mol. The normalized spacial score (nSPS) is 14.8. The molecule has 1 aliphatic heterocycles. The first-order chi connectivity index (χ1) is 17.9. The number of nitrogens with zero attached hydrogens (tertiary/aromatic N) is 5. The van der Waals surface area contributed by atoms with E-state index in [1.807, 2.05) is 28.9 Å². The van der Waals surface area contributed by atoms with Gasteiger partial charge in [-0.05, 0) is 93.6 Å². The van der Waals surface area contributed by atoms with Gasteiger partial charge in [0, 0.05) is 18.7 Å². The SMILES string of the molecule is CCn1nc(-c2nc(-c3cc(C)c(CCN4CCC(C(=O)O)CC4)c(C)c3)no2)cc1-c1ccccc1. The summed E-state index contributed by atoms with van der Waals surface area (Å²) in [6.07, 6.45) is 2.40. The highest BCUT2D eigenvalue weighted by atomic mass is 16.5. The number of carbonyl (C=O) groups is 1. The molecule has 5 rings (SSSR count). The van der Waals surface area contributed by atoms with Crippen molar-refractivity contribution in [2.45, 2.75) is 46.6 Å². The molecule has 0 unspecified atom stereocenters. The van der Waals surface area contributed by atoms with Crippen LogP contribution in [0.2, 0.25) is 0 Å². The quantitative estimate of drug-likeness (QED) is 0.354. The largest absolute Gasteiger partial charge is 0.481 e. The van der Waals surface area contributed by atoms with Gasteiger partial charge < -0.3 is 14.5 Å². The van der Waals surface area contributed by atoms with E-state index in [1.54, 1.807) is 0 Å². The van der Waals surface area contributed by atoms with Crippen molar-refractivity contribution in [1.82, 2.24) is 24.8 Å². The van der Waals surface area contributed by atoms with Gasteiger partial charge in [-0.2, -0.15) is 10.1 Å². The van der Waals surface area contributed by atoms with Gasteiger partial charge in [0.2, 0.25) is 5.82 Å². The van der Waals surface area contributed by atoms with E-state index in [2.05, 4.69) is 60.1 Å². The first kappa shape index (κ1) is 24.9. The fourth-order valence-corrected chi connectivity index (χ4v) is 5.24. The lowest BCUT2D eigenvalue weighted by Crippen LogP contribution is -2.37. The van der Waals surface area contributed by atoms with Crippen LogP contribution in [0, 0.1) is 19.8 Å². The molecule has 2 aromatic heterocycles. The van der Waals surface area contributed by atoms with Crippen LogP contribution in [-0.2, 0) is 17.8 Å². The molecule has 4 aromatic rings. The van der Waals surface area contributed by atoms with Crippen LogP contribution in [0.25, 0.3) is 34.2 Å². The molecule has 3 heterocycles. The Bertz CT molecular complexity index is 1360. The summed E-state index contributed by atoms with van der Waals surface area (Å²) < 4.78 is 7.58. The van der Waals surface area contributed by atoms with Crippen molar-refractivity contribution in [3.63, 3.8) is 0 Å². The van der Waals surface area contributed by atoms with Gasteiger partial charge in [0.1, 0.15) is 0 Å². The molecule has 0 atom stereocenters. The lowest BCUT2D eigenvalue weighted by molar-refractivity contribution is -0.143. The number of aliphatic carboxylic acids is 1. The predicted octanol–water partition coefficient (Wildman–Crippen LogP) is 5.24. The van der Waals surface area contributed by atoms with Gasteiger partial charge in [0.05, 0.1) is 11.6 Å². The average Bonchev–Trinajstić information content (AvgIpc) is 3.56. The lowest BCUT2D eigenvalue weighted by atomic mass is 9.94. The Morgan fingerprint density at radius 1 is 1.05 bits per heavy atom. The number of aromatic nitrogens is 4. The Morgan fingerprint density at radius 3 is 2.41 bits per heavy atom. The first-order valence-electron chi connectivity index (χ1n) is 13.0. The monoisotopic (exact) mass is 499 g/mol. The zero-order valence-corrected chi connectivity index (χ0v) is 21.6. The van der Waals surface area contributed by atoms with E-state index >= 15 is 0 Å². The summed E-state index contributed by atoms with van der Waals surface area (Å²) in [6, 6.07) is 16.4. The molecule has 37 heavy (non-hydrogen) atoms. The summed E-state index contributed by atoms with van der Waals surface area (Å²) in [7, 11) is 0. The molecule has 1 N–H and O–H groups in total. The maximum atomic E-state index is 11.2. The van der Waals surface area contributed by atoms with Gasteiger partial charge in [-0.3, -0.25) is 9.48 Å². The molecule has 0 aliphatic carbocycles. The molecule has 0 radical (unpaired) electrons. The number of likely N-dealkylation sites (tertiary alicyclic amines) is 1. The molecular formula is C29H33N5O3. The third-order valence-corrected chi connectivity index (χ3v) is 7.36. The zero-order chi connectivity index (χ0) is 25.9. The fraction of sp³-hybridized carbons (Fsp3) is 0.379. The van der Waals surface area contributed by atoms with E-state index in [0.29, 0.717) is 17.4 Å². The van der Waals surface area contributed by atoms with E-state index in [9.17, 15) is 9.90 Å². The molecule has 1 saturated heterocycles. The van der Waals surface area contributed by atoms with Crippen molar-refractivity contribution in [3.8, 4) is 34.2 Å². The second-order valence-electron chi connectivity index (χ2n) is 9.81. The van der Waals surface area contributed by atoms with Crippen molar-refractivity contribution >= 4 is 5.97 Å². The van der Waals surface area contributed by atoms with Crippen LogP contribution in [0.15, 0.2) is 53.1 Å². The van der Waals surface area contributed by atoms with E-state index < -0.39 is 5.97 Å². The van der Waals surface area contributed by atoms with E-state index in [0.717, 1.165) is 62.3 Å². The van der Waals surface area contributed by atoms with Crippen molar-refractivity contribution in [2.75, 3.05) is 19.6 Å². The number of hydrogen-bond donors (Lipinski definition) is 1. The summed E-state index contributed by atoms with van der Waals surface area (Å²) in [4.78, 5) is 18.3. The standard InChI is InChI=1S/C29H33N5O3/c1-4-34-26(21-8-6-5-7-9-21)18-25(31-34)28-30-27(32-37-28)23-16-19(2)24(20(3)17-23)12-15-33-13-10-22(11-14-33)29(35)36/h5-9,16-18,22H,4,10-15H2,1-3H3,(H,35,36). The highest BCUT2D eigenvalue weighted by Gasteiger charge is 2.24. The van der Waals surface area contributed by atoms with Crippen LogP contribution in [-0.4, -0.2) is 55.5 Å². The van der Waals surface area contributed by atoms with E-state index in [-0.39, 0.29) is 5.92 Å². The molecule has 1 aliphatic rings. The highest BCUT2D eigenvalue weighted by Crippen LogP contribution is 2.29. The Kier molecular flexibility index (Phi) is 7.19. The molecule has 8 nitrogen and oxygen atoms in total. The van der Waals surface area contributed by atoms with Crippen molar-refractivity contribution < 1.29 is 14.4 Å². The first-order valence-corrected chi connectivity index (χ1v) is 13.0. The molecule has 0 bridgehead atoms. The van der Waals surface area contributed by atoms with Crippen LogP contribution < -0.4 is 0 Å². The van der Waals surface area contributed by atoms with Gasteiger partial charge in [0.15, 0.2) is 5.69 Å². The number of aryl methyl sites for hydroxylation is 3. The van der Waals surface area contributed by atoms with Crippen LogP contribution in [0.5, 0.6) is 0 Å². The summed E-state index contributed by atoms with van der Waals surface area (Å²) >= 11 is 0. The lowest BCUT2D eigenvalue weighted by Gasteiger charge is -2.30. The molecule has 1 fully saturated rings.